The average Bonchev–Trinajstić information content (AvgIpc) is 3.06. The van der Waals surface area contributed by atoms with Crippen LogP contribution in [0.4, 0.5) is 0 Å². The van der Waals surface area contributed by atoms with Crippen LogP contribution in [-0.4, -0.2) is 62.1 Å². The molecule has 0 aromatic heterocycles. The number of hydrogen-bond acceptors (Lipinski definition) is 9. The first kappa shape index (κ1) is 49.5. The quantitative estimate of drug-likeness (QED) is 0.0139. The molecule has 0 aliphatic carbocycles. The first-order chi connectivity index (χ1) is 23.8. The van der Waals surface area contributed by atoms with Gasteiger partial charge in [0.2, 0.25) is 0 Å². The highest BCUT2D eigenvalue weighted by Gasteiger charge is 2.38. The van der Waals surface area contributed by atoms with E-state index in [1.165, 1.54) is 121 Å². The molecular formula is C36H74N2O10P2. The van der Waals surface area contributed by atoms with E-state index in [1.807, 2.05) is 6.08 Å². The molecule has 50 heavy (non-hydrogen) atoms. The van der Waals surface area contributed by atoms with Crippen LogP contribution in [0.5, 0.6) is 0 Å². The Bertz CT molecular complexity index is 937. The molecule has 0 aliphatic heterocycles. The van der Waals surface area contributed by atoms with Crippen molar-refractivity contribution < 1.29 is 47.6 Å². The van der Waals surface area contributed by atoms with Crippen molar-refractivity contribution in [1.29, 1.82) is 0 Å². The average molecular weight is 757 g/mol. The summed E-state index contributed by atoms with van der Waals surface area (Å²) in [6, 6.07) is -2.73. The summed E-state index contributed by atoms with van der Waals surface area (Å²) in [5, 5.41) is 20.8. The van der Waals surface area contributed by atoms with Crippen LogP contribution in [0.15, 0.2) is 24.3 Å². The van der Waals surface area contributed by atoms with Crippen molar-refractivity contribution in [1.82, 2.24) is 0 Å². The van der Waals surface area contributed by atoms with Gasteiger partial charge in [0, 0.05) is 0 Å². The van der Waals surface area contributed by atoms with E-state index < -0.39 is 52.8 Å². The molecule has 0 aromatic carbocycles. The number of aliphatic hydroxyl groups is 2. The normalized spacial score (nSPS) is 16.9. The Morgan fingerprint density at radius 1 is 0.560 bits per heavy atom. The van der Waals surface area contributed by atoms with Crippen LogP contribution >= 0.6 is 15.6 Å². The van der Waals surface area contributed by atoms with Gasteiger partial charge in [0.1, 0.15) is 0 Å². The smallest absolute Gasteiger partial charge is 0.387 e. The zero-order chi connectivity index (χ0) is 37.5. The second-order valence-corrected chi connectivity index (χ2v) is 16.2. The maximum absolute atomic E-state index is 12.6. The minimum atomic E-state index is -5.25. The Morgan fingerprint density at radius 2 is 0.920 bits per heavy atom. The Hall–Kier alpha value is -0.460. The highest BCUT2D eigenvalue weighted by Crippen LogP contribution is 2.49. The van der Waals surface area contributed by atoms with E-state index in [2.05, 4.69) is 18.4 Å². The van der Waals surface area contributed by atoms with Crippen molar-refractivity contribution in [3.63, 3.8) is 0 Å². The fourth-order valence-corrected chi connectivity index (χ4v) is 6.88. The lowest BCUT2D eigenvalue weighted by atomic mass is 10.0. The molecular weight excluding hydrogens is 682 g/mol. The van der Waals surface area contributed by atoms with Crippen LogP contribution in [0.25, 0.3) is 0 Å². The zero-order valence-corrected chi connectivity index (χ0v) is 33.0. The van der Waals surface area contributed by atoms with Crippen LogP contribution in [0.1, 0.15) is 168 Å². The van der Waals surface area contributed by atoms with Crippen molar-refractivity contribution in [2.75, 3.05) is 6.61 Å². The fourth-order valence-electron chi connectivity index (χ4n) is 5.49. The minimum Gasteiger partial charge on any atom is -0.387 e. The number of hydrogen-bond donors (Lipinski definition) is 7. The largest absolute Gasteiger partial charge is 0.474 e. The van der Waals surface area contributed by atoms with Gasteiger partial charge in [-0.2, -0.15) is 0 Å². The second-order valence-electron chi connectivity index (χ2n) is 13.6. The van der Waals surface area contributed by atoms with Gasteiger partial charge in [0.15, 0.2) is 6.29 Å². The van der Waals surface area contributed by atoms with Crippen LogP contribution in [-0.2, 0) is 22.7 Å². The molecule has 12 nitrogen and oxygen atoms in total. The molecule has 298 valence electrons. The Balaban J connectivity index is 4.48. The van der Waals surface area contributed by atoms with Gasteiger partial charge in [0.05, 0.1) is 30.9 Å². The summed E-state index contributed by atoms with van der Waals surface area (Å²) in [5.41, 5.74) is 11.8. The van der Waals surface area contributed by atoms with Crippen molar-refractivity contribution in [3.8, 4) is 0 Å². The molecule has 0 heterocycles. The third kappa shape index (κ3) is 31.1. The summed E-state index contributed by atoms with van der Waals surface area (Å²) in [4.78, 5) is 28.8. The highest BCUT2D eigenvalue weighted by molar-refractivity contribution is 7.47. The number of rotatable bonds is 36. The molecule has 0 radical (unpaired) electrons. The van der Waals surface area contributed by atoms with E-state index in [4.69, 9.17) is 20.5 Å². The molecule has 0 spiro atoms. The predicted octanol–water partition coefficient (Wildman–Crippen LogP) is 8.45. The van der Waals surface area contributed by atoms with Gasteiger partial charge in [-0.25, -0.2) is 9.13 Å². The summed E-state index contributed by atoms with van der Waals surface area (Å²) in [6.07, 6.45) is 29.7. The van der Waals surface area contributed by atoms with Crippen molar-refractivity contribution >= 4 is 15.6 Å². The Morgan fingerprint density at radius 3 is 1.30 bits per heavy atom. The SMILES string of the molecule is CCCCCCCCCCCCCC=CC(O)C(N)C(OP(=O)(O)O)OP(=O)(O)OC[C@H](N)[C@H](O)C=CCCCCCCCCCCCCC. The van der Waals surface area contributed by atoms with Crippen LogP contribution in [0.3, 0.4) is 0 Å². The zero-order valence-electron chi connectivity index (χ0n) is 31.2. The van der Waals surface area contributed by atoms with Gasteiger partial charge in [-0.05, 0) is 25.7 Å². The van der Waals surface area contributed by atoms with Gasteiger partial charge in [-0.15, -0.1) is 0 Å². The minimum absolute atomic E-state index is 0.614. The summed E-state index contributed by atoms with van der Waals surface area (Å²) < 4.78 is 38.3. The summed E-state index contributed by atoms with van der Waals surface area (Å²) in [7, 11) is -10.3. The Kier molecular flexibility index (Phi) is 31.7. The van der Waals surface area contributed by atoms with Crippen LogP contribution in [0, 0.1) is 0 Å². The number of nitrogens with two attached hydrogens (primary N) is 2. The molecule has 6 atom stereocenters. The first-order valence-corrected chi connectivity index (χ1v) is 22.5. The molecule has 4 unspecified atom stereocenters. The maximum atomic E-state index is 12.6. The molecule has 14 heteroatoms. The maximum Gasteiger partial charge on any atom is 0.474 e. The molecule has 0 fully saturated rings. The number of allylic oxidation sites excluding steroid dienone is 2. The van der Waals surface area contributed by atoms with Crippen LogP contribution in [0.2, 0.25) is 0 Å². The lowest BCUT2D eigenvalue weighted by Crippen LogP contribution is -2.46. The molecule has 0 amide bonds. The number of phosphoric ester groups is 2. The standard InChI is InChI=1S/C36H74N2O10P2/c1-3-5-7-9-11-13-15-17-19-21-23-25-27-29-33(39)32(37)31-46-50(44,45)48-36(47-49(41,42)43)35(38)34(40)30-28-26-24-22-20-18-16-14-12-10-8-6-4-2/h27-30,32-36,39-40H,3-26,31,37-38H2,1-2H3,(H,44,45)(H2,41,42,43)/t32-,33+,34?,35?,36?/m0/s1. The van der Waals surface area contributed by atoms with E-state index >= 15 is 0 Å². The summed E-state index contributed by atoms with van der Waals surface area (Å²) in [6.45, 7) is 3.83. The summed E-state index contributed by atoms with van der Waals surface area (Å²) in [5.74, 6) is 0. The molecule has 9 N–H and O–H groups in total. The number of aliphatic hydroxyl groups excluding tert-OH is 2. The predicted molar refractivity (Wildman–Crippen MR) is 202 cm³/mol. The van der Waals surface area contributed by atoms with Crippen molar-refractivity contribution in [2.24, 2.45) is 11.5 Å². The van der Waals surface area contributed by atoms with Gasteiger partial charge < -0.3 is 36.4 Å². The lowest BCUT2D eigenvalue weighted by molar-refractivity contribution is -0.0723. The van der Waals surface area contributed by atoms with Gasteiger partial charge in [0.25, 0.3) is 0 Å². The van der Waals surface area contributed by atoms with E-state index in [1.54, 1.807) is 6.08 Å². The van der Waals surface area contributed by atoms with Gasteiger partial charge in [-0.1, -0.05) is 167 Å². The number of phosphoric acid groups is 2. The van der Waals surface area contributed by atoms with Crippen molar-refractivity contribution in [2.45, 2.75) is 199 Å². The van der Waals surface area contributed by atoms with Gasteiger partial charge in [-0.3, -0.25) is 13.6 Å². The lowest BCUT2D eigenvalue weighted by Gasteiger charge is -2.28. The van der Waals surface area contributed by atoms with Crippen LogP contribution < -0.4 is 11.5 Å². The molecule has 0 bridgehead atoms. The Labute approximate surface area is 303 Å². The van der Waals surface area contributed by atoms with E-state index in [-0.39, 0.29) is 0 Å². The molecule has 0 aliphatic rings. The first-order valence-electron chi connectivity index (χ1n) is 19.4. The third-order valence-electron chi connectivity index (χ3n) is 8.67. The van der Waals surface area contributed by atoms with E-state index in [9.17, 15) is 34.0 Å². The van der Waals surface area contributed by atoms with E-state index in [0.29, 0.717) is 6.42 Å². The summed E-state index contributed by atoms with van der Waals surface area (Å²) >= 11 is 0. The molecule has 0 rings (SSSR count). The number of unbranched alkanes of at least 4 members (excludes halogenated alkanes) is 22. The molecule has 0 aromatic rings. The topological polar surface area (TPSA) is 215 Å². The monoisotopic (exact) mass is 756 g/mol. The molecule has 0 saturated heterocycles. The molecule has 0 saturated carbocycles. The second kappa shape index (κ2) is 32.0. The van der Waals surface area contributed by atoms with Gasteiger partial charge >= 0.3 is 15.6 Å². The third-order valence-corrected chi connectivity index (χ3v) is 10.1. The van der Waals surface area contributed by atoms with E-state index in [0.717, 1.165) is 38.5 Å². The highest BCUT2D eigenvalue weighted by atomic mass is 31.2. The van der Waals surface area contributed by atoms with Crippen molar-refractivity contribution in [3.05, 3.63) is 24.3 Å². The fraction of sp³-hybridized carbons (Fsp3) is 0.889.